The van der Waals surface area contributed by atoms with Crippen LogP contribution in [0.5, 0.6) is 0 Å². The van der Waals surface area contributed by atoms with Gasteiger partial charge >= 0.3 is 0 Å². The monoisotopic (exact) mass is 744 g/mol. The fourth-order valence-corrected chi connectivity index (χ4v) is 9.26. The fraction of sp³-hybridized carbons (Fsp3) is 0.107. The van der Waals surface area contributed by atoms with Gasteiger partial charge in [0, 0.05) is 33.5 Å². The van der Waals surface area contributed by atoms with Crippen LogP contribution in [0.1, 0.15) is 37.5 Å². The van der Waals surface area contributed by atoms with E-state index in [-0.39, 0.29) is 5.41 Å². The standard InChI is InChI=1S/C56H44N2/c1-35-19-21-40(37-13-7-6-8-14-37)33-54(35)58(55-34-43(56(3,4)5)24-20-36(55)2)45-26-23-39-30-49-48-29-38-22-25-44(27-41(38)31-50(48)51(49)32-42(39)28-45)57-52-17-11-9-15-46(52)47-16-10-12-18-53(47)57/h6-34H,1-5H3. The normalized spacial score (nSPS) is 12.2. The van der Waals surface area contributed by atoms with Crippen LogP contribution in [-0.4, -0.2) is 4.57 Å². The lowest BCUT2D eigenvalue weighted by Gasteiger charge is -2.31. The first-order chi connectivity index (χ1) is 28.2. The molecule has 0 saturated heterocycles. The third-order valence-electron chi connectivity index (χ3n) is 12.5. The average molecular weight is 745 g/mol. The van der Waals surface area contributed by atoms with Gasteiger partial charge in [-0.1, -0.05) is 124 Å². The highest BCUT2D eigenvalue weighted by Gasteiger charge is 2.26. The summed E-state index contributed by atoms with van der Waals surface area (Å²) in [4.78, 5) is 2.49. The zero-order valence-corrected chi connectivity index (χ0v) is 33.6. The Kier molecular flexibility index (Phi) is 7.59. The van der Waals surface area contributed by atoms with Crippen LogP contribution in [0.25, 0.3) is 82.4 Å². The van der Waals surface area contributed by atoms with Gasteiger partial charge in [0.15, 0.2) is 0 Å². The maximum Gasteiger partial charge on any atom is 0.0541 e. The summed E-state index contributed by atoms with van der Waals surface area (Å²) >= 11 is 0. The molecule has 0 amide bonds. The molecule has 10 aromatic rings. The Balaban J connectivity index is 1.04. The van der Waals surface area contributed by atoms with E-state index in [4.69, 9.17) is 0 Å². The molecule has 2 heteroatoms. The zero-order chi connectivity index (χ0) is 39.3. The topological polar surface area (TPSA) is 8.17 Å². The van der Waals surface area contributed by atoms with Gasteiger partial charge < -0.3 is 9.47 Å². The van der Waals surface area contributed by atoms with Crippen LogP contribution >= 0.6 is 0 Å². The second kappa shape index (κ2) is 12.8. The van der Waals surface area contributed by atoms with Crippen molar-refractivity contribution in [1.82, 2.24) is 4.57 Å². The van der Waals surface area contributed by atoms with E-state index in [0.717, 1.165) is 5.69 Å². The molecule has 0 unspecified atom stereocenters. The van der Waals surface area contributed by atoms with Crippen molar-refractivity contribution in [2.45, 2.75) is 40.0 Å². The second-order valence-electron chi connectivity index (χ2n) is 17.2. The van der Waals surface area contributed by atoms with Crippen molar-refractivity contribution in [3.8, 4) is 39.1 Å². The molecule has 1 aliphatic rings. The summed E-state index contributed by atoms with van der Waals surface area (Å²) < 4.78 is 2.41. The molecule has 0 bridgehead atoms. The van der Waals surface area contributed by atoms with Crippen molar-refractivity contribution in [3.05, 3.63) is 193 Å². The van der Waals surface area contributed by atoms with Gasteiger partial charge in [0.2, 0.25) is 0 Å². The Morgan fingerprint density at radius 1 is 0.414 bits per heavy atom. The van der Waals surface area contributed by atoms with Gasteiger partial charge in [-0.25, -0.2) is 0 Å². The van der Waals surface area contributed by atoms with E-state index in [2.05, 4.69) is 220 Å². The lowest BCUT2D eigenvalue weighted by Crippen LogP contribution is -2.16. The Morgan fingerprint density at radius 3 is 1.59 bits per heavy atom. The van der Waals surface area contributed by atoms with Gasteiger partial charge in [-0.15, -0.1) is 0 Å². The summed E-state index contributed by atoms with van der Waals surface area (Å²) in [5.74, 6) is 0. The van der Waals surface area contributed by atoms with Crippen molar-refractivity contribution in [3.63, 3.8) is 0 Å². The van der Waals surface area contributed by atoms with Gasteiger partial charge in [-0.3, -0.25) is 0 Å². The summed E-state index contributed by atoms with van der Waals surface area (Å²) in [7, 11) is 0. The van der Waals surface area contributed by atoms with Crippen LogP contribution in [0, 0.1) is 13.8 Å². The minimum absolute atomic E-state index is 0.0164. The number of hydrogen-bond donors (Lipinski definition) is 0. The van der Waals surface area contributed by atoms with Crippen molar-refractivity contribution in [2.75, 3.05) is 4.90 Å². The van der Waals surface area contributed by atoms with Crippen LogP contribution in [0.3, 0.4) is 0 Å². The van der Waals surface area contributed by atoms with E-state index in [1.54, 1.807) is 0 Å². The van der Waals surface area contributed by atoms with E-state index in [0.29, 0.717) is 0 Å². The van der Waals surface area contributed by atoms with Crippen LogP contribution in [-0.2, 0) is 5.41 Å². The SMILES string of the molecule is Cc1ccc(-c2ccccc2)cc1N(c1ccc2cc3c(cc2c1)-c1cc2cc(-n4c5ccccc5c5ccccc54)ccc2cc1-3)c1cc(C(C)(C)C)ccc1C. The number of hydrogen-bond acceptors (Lipinski definition) is 1. The molecule has 278 valence electrons. The molecule has 1 aromatic heterocycles. The molecule has 0 aliphatic heterocycles. The molecule has 9 aromatic carbocycles. The maximum absolute atomic E-state index is 2.49. The number of para-hydroxylation sites is 2. The predicted octanol–water partition coefficient (Wildman–Crippen LogP) is 15.8. The molecule has 0 spiro atoms. The largest absolute Gasteiger partial charge is 0.310 e. The number of aryl methyl sites for hydroxylation is 2. The number of benzene rings is 9. The first kappa shape index (κ1) is 34.4. The number of anilines is 3. The molecule has 0 atom stereocenters. The van der Waals surface area contributed by atoms with Gasteiger partial charge in [0.25, 0.3) is 0 Å². The molecule has 1 aliphatic carbocycles. The van der Waals surface area contributed by atoms with Gasteiger partial charge in [-0.2, -0.15) is 0 Å². The average Bonchev–Trinajstić information content (AvgIpc) is 3.58. The highest BCUT2D eigenvalue weighted by Crippen LogP contribution is 2.51. The Hall–Kier alpha value is -6.90. The summed E-state index contributed by atoms with van der Waals surface area (Å²) in [6, 6.07) is 65.6. The first-order valence-corrected chi connectivity index (χ1v) is 20.4. The molecular weight excluding hydrogens is 701 g/mol. The highest BCUT2D eigenvalue weighted by molar-refractivity contribution is 6.13. The molecule has 11 rings (SSSR count). The molecule has 0 fully saturated rings. The lowest BCUT2D eigenvalue weighted by molar-refractivity contribution is 0.590. The van der Waals surface area contributed by atoms with Gasteiger partial charge in [-0.05, 0) is 164 Å². The Morgan fingerprint density at radius 2 is 0.948 bits per heavy atom. The van der Waals surface area contributed by atoms with Gasteiger partial charge in [0.1, 0.15) is 0 Å². The van der Waals surface area contributed by atoms with Crippen LogP contribution in [0.4, 0.5) is 17.1 Å². The summed E-state index contributed by atoms with van der Waals surface area (Å²) in [5.41, 5.74) is 18.8. The molecule has 58 heavy (non-hydrogen) atoms. The Bertz CT molecular complexity index is 3230. The van der Waals surface area contributed by atoms with Crippen molar-refractivity contribution < 1.29 is 0 Å². The van der Waals surface area contributed by atoms with Crippen LogP contribution in [0.2, 0.25) is 0 Å². The summed E-state index contributed by atoms with van der Waals surface area (Å²) in [6.45, 7) is 11.4. The molecule has 0 radical (unpaired) electrons. The number of fused-ring (bicyclic) bond motifs is 9. The minimum atomic E-state index is 0.0164. The van der Waals surface area contributed by atoms with E-state index < -0.39 is 0 Å². The molecule has 0 N–H and O–H groups in total. The second-order valence-corrected chi connectivity index (χ2v) is 17.2. The van der Waals surface area contributed by atoms with Crippen molar-refractivity contribution in [2.24, 2.45) is 0 Å². The maximum atomic E-state index is 2.49. The fourth-order valence-electron chi connectivity index (χ4n) is 9.26. The van der Waals surface area contributed by atoms with Crippen molar-refractivity contribution >= 4 is 60.4 Å². The molecular formula is C56H44N2. The third-order valence-corrected chi connectivity index (χ3v) is 12.5. The quantitative estimate of drug-likeness (QED) is 0.170. The zero-order valence-electron chi connectivity index (χ0n) is 33.6. The smallest absolute Gasteiger partial charge is 0.0541 e. The highest BCUT2D eigenvalue weighted by atomic mass is 15.1. The van der Waals surface area contributed by atoms with E-state index in [1.807, 2.05) is 0 Å². The van der Waals surface area contributed by atoms with E-state index >= 15 is 0 Å². The third kappa shape index (κ3) is 5.40. The minimum Gasteiger partial charge on any atom is -0.310 e. The number of rotatable bonds is 5. The number of aromatic nitrogens is 1. The van der Waals surface area contributed by atoms with Crippen molar-refractivity contribution in [1.29, 1.82) is 0 Å². The van der Waals surface area contributed by atoms with E-state index in [1.165, 1.54) is 110 Å². The lowest BCUT2D eigenvalue weighted by atomic mass is 9.78. The first-order valence-electron chi connectivity index (χ1n) is 20.4. The summed E-state index contributed by atoms with van der Waals surface area (Å²) in [6.07, 6.45) is 0. The predicted molar refractivity (Wildman–Crippen MR) is 249 cm³/mol. The van der Waals surface area contributed by atoms with Crippen LogP contribution < -0.4 is 4.90 Å². The molecule has 1 heterocycles. The number of nitrogens with zero attached hydrogens (tertiary/aromatic N) is 2. The van der Waals surface area contributed by atoms with Crippen LogP contribution in [0.15, 0.2) is 176 Å². The molecule has 2 nitrogen and oxygen atoms in total. The van der Waals surface area contributed by atoms with E-state index in [9.17, 15) is 0 Å². The summed E-state index contributed by atoms with van der Waals surface area (Å²) in [5, 5.41) is 7.58. The van der Waals surface area contributed by atoms with Gasteiger partial charge in [0.05, 0.1) is 11.0 Å². The Labute approximate surface area is 340 Å². The molecule has 0 saturated carbocycles.